The molecule has 0 aromatic heterocycles. The Morgan fingerprint density at radius 2 is 2.00 bits per heavy atom. The van der Waals surface area contributed by atoms with Crippen molar-refractivity contribution in [2.24, 2.45) is 0 Å². The van der Waals surface area contributed by atoms with Crippen molar-refractivity contribution in [1.29, 1.82) is 0 Å². The van der Waals surface area contributed by atoms with Crippen LogP contribution >= 0.6 is 0 Å². The Kier molecular flexibility index (Phi) is 2.91. The van der Waals surface area contributed by atoms with Gasteiger partial charge in [0.05, 0.1) is 6.04 Å². The first-order chi connectivity index (χ1) is 7.08. The fraction of sp³-hybridized carbons (Fsp3) is 0.900. The van der Waals surface area contributed by atoms with Crippen LogP contribution in [0.15, 0.2) is 0 Å². The number of hydrogen-bond acceptors (Lipinski definition) is 2. The Bertz CT molecular complexity index is 248. The van der Waals surface area contributed by atoms with Crippen LogP contribution in [0.1, 0.15) is 25.7 Å². The molecule has 5 heteroatoms. The molecule has 0 aromatic rings. The van der Waals surface area contributed by atoms with E-state index < -0.39 is 5.92 Å². The lowest BCUT2D eigenvalue weighted by Crippen LogP contribution is -2.54. The predicted molar refractivity (Wildman–Crippen MR) is 51.8 cm³/mol. The Hall–Kier alpha value is -0.710. The number of nitrogens with zero attached hydrogens (tertiary/aromatic N) is 1. The van der Waals surface area contributed by atoms with Gasteiger partial charge in [-0.25, -0.2) is 8.78 Å². The van der Waals surface area contributed by atoms with Crippen LogP contribution in [-0.2, 0) is 4.79 Å². The zero-order chi connectivity index (χ0) is 10.9. The quantitative estimate of drug-likeness (QED) is 0.712. The lowest BCUT2D eigenvalue weighted by atomic mass is 10.00. The van der Waals surface area contributed by atoms with E-state index in [1.165, 1.54) is 0 Å². The van der Waals surface area contributed by atoms with Crippen LogP contribution in [0.3, 0.4) is 0 Å². The number of likely N-dealkylation sites (tertiary alicyclic amines) is 1. The summed E-state index contributed by atoms with van der Waals surface area (Å²) in [6.07, 6.45) is 1.52. The molecule has 0 spiro atoms. The molecule has 2 aliphatic heterocycles. The molecule has 15 heavy (non-hydrogen) atoms. The van der Waals surface area contributed by atoms with Crippen molar-refractivity contribution in [2.75, 3.05) is 19.6 Å². The first-order valence-electron chi connectivity index (χ1n) is 5.48. The fourth-order valence-electron chi connectivity index (χ4n) is 2.27. The molecule has 2 saturated heterocycles. The minimum Gasteiger partial charge on any atom is -0.355 e. The third kappa shape index (κ3) is 2.45. The van der Waals surface area contributed by atoms with Crippen LogP contribution in [0.25, 0.3) is 0 Å². The molecular weight excluding hydrogens is 202 g/mol. The topological polar surface area (TPSA) is 32.3 Å². The Labute approximate surface area is 87.8 Å². The van der Waals surface area contributed by atoms with E-state index in [9.17, 15) is 13.6 Å². The fourth-order valence-corrected chi connectivity index (χ4v) is 2.27. The zero-order valence-corrected chi connectivity index (χ0v) is 8.64. The van der Waals surface area contributed by atoms with Crippen molar-refractivity contribution in [3.05, 3.63) is 0 Å². The van der Waals surface area contributed by atoms with E-state index in [1.807, 2.05) is 4.90 Å². The Morgan fingerprint density at radius 3 is 2.60 bits per heavy atom. The van der Waals surface area contributed by atoms with Crippen molar-refractivity contribution in [2.45, 2.75) is 37.6 Å². The minimum atomic E-state index is -2.53. The molecule has 2 fully saturated rings. The van der Waals surface area contributed by atoms with Crippen LogP contribution in [-0.4, -0.2) is 42.4 Å². The van der Waals surface area contributed by atoms with E-state index in [0.717, 1.165) is 19.4 Å². The zero-order valence-electron chi connectivity index (χ0n) is 8.64. The van der Waals surface area contributed by atoms with Crippen LogP contribution < -0.4 is 5.32 Å². The maximum atomic E-state index is 12.9. The molecule has 1 unspecified atom stereocenters. The molecule has 1 N–H and O–H groups in total. The monoisotopic (exact) mass is 218 g/mol. The second kappa shape index (κ2) is 4.04. The number of alkyl halides is 2. The van der Waals surface area contributed by atoms with Crippen molar-refractivity contribution in [1.82, 2.24) is 10.2 Å². The third-order valence-corrected chi connectivity index (χ3v) is 3.23. The third-order valence-electron chi connectivity index (χ3n) is 3.23. The lowest BCUT2D eigenvalue weighted by molar-refractivity contribution is -0.131. The summed E-state index contributed by atoms with van der Waals surface area (Å²) in [5.74, 6) is -2.52. The Balaban J connectivity index is 1.92. The van der Waals surface area contributed by atoms with E-state index in [-0.39, 0.29) is 24.8 Å². The number of carbonyl (C=O) groups is 1. The highest BCUT2D eigenvalue weighted by Gasteiger charge is 2.38. The van der Waals surface area contributed by atoms with Gasteiger partial charge in [-0.3, -0.25) is 9.69 Å². The normalized spacial score (nSPS) is 32.4. The summed E-state index contributed by atoms with van der Waals surface area (Å²) in [5.41, 5.74) is 0. The highest BCUT2D eigenvalue weighted by molar-refractivity contribution is 5.82. The van der Waals surface area contributed by atoms with Crippen molar-refractivity contribution >= 4 is 5.91 Å². The standard InChI is InChI=1S/C10H16F2N2O/c11-10(12)3-6-14(7-4-10)8-2-1-5-13-9(8)15/h8H,1-7H2,(H,13,15). The summed E-state index contributed by atoms with van der Waals surface area (Å²) in [4.78, 5) is 13.4. The number of halogens is 2. The van der Waals surface area contributed by atoms with Crippen LogP contribution in [0.2, 0.25) is 0 Å². The van der Waals surface area contributed by atoms with Crippen molar-refractivity contribution < 1.29 is 13.6 Å². The minimum absolute atomic E-state index is 0.00599. The molecule has 0 aromatic carbocycles. The van der Waals surface area contributed by atoms with Gasteiger partial charge in [0.1, 0.15) is 0 Å². The average molecular weight is 218 g/mol. The van der Waals surface area contributed by atoms with Gasteiger partial charge in [-0.1, -0.05) is 0 Å². The van der Waals surface area contributed by atoms with Crippen molar-refractivity contribution in [3.8, 4) is 0 Å². The molecular formula is C10H16F2N2O. The summed E-state index contributed by atoms with van der Waals surface area (Å²) in [5, 5.41) is 2.78. The van der Waals surface area contributed by atoms with Gasteiger partial charge in [0, 0.05) is 32.5 Å². The van der Waals surface area contributed by atoms with E-state index in [0.29, 0.717) is 13.1 Å². The molecule has 1 amide bonds. The number of nitrogens with one attached hydrogen (secondary N) is 1. The number of carbonyl (C=O) groups excluding carboxylic acids is 1. The number of hydrogen-bond donors (Lipinski definition) is 1. The van der Waals surface area contributed by atoms with Gasteiger partial charge in [0.25, 0.3) is 5.92 Å². The van der Waals surface area contributed by atoms with Gasteiger partial charge >= 0.3 is 0 Å². The summed E-state index contributed by atoms with van der Waals surface area (Å²) in [6.45, 7) is 1.40. The maximum Gasteiger partial charge on any atom is 0.250 e. The second-order valence-electron chi connectivity index (χ2n) is 4.34. The first-order valence-corrected chi connectivity index (χ1v) is 5.48. The highest BCUT2D eigenvalue weighted by Crippen LogP contribution is 2.29. The molecule has 0 radical (unpaired) electrons. The van der Waals surface area contributed by atoms with E-state index in [2.05, 4.69) is 5.32 Å². The average Bonchev–Trinajstić information content (AvgIpc) is 2.19. The molecule has 0 aliphatic carbocycles. The highest BCUT2D eigenvalue weighted by atomic mass is 19.3. The van der Waals surface area contributed by atoms with Gasteiger partial charge in [0.15, 0.2) is 0 Å². The molecule has 2 rings (SSSR count). The van der Waals surface area contributed by atoms with E-state index >= 15 is 0 Å². The van der Waals surface area contributed by atoms with Gasteiger partial charge < -0.3 is 5.32 Å². The maximum absolute atomic E-state index is 12.9. The summed E-state index contributed by atoms with van der Waals surface area (Å²) < 4.78 is 25.8. The summed E-state index contributed by atoms with van der Waals surface area (Å²) >= 11 is 0. The second-order valence-corrected chi connectivity index (χ2v) is 4.34. The predicted octanol–water partition coefficient (Wildman–Crippen LogP) is 0.996. The van der Waals surface area contributed by atoms with Gasteiger partial charge in [-0.05, 0) is 12.8 Å². The van der Waals surface area contributed by atoms with Gasteiger partial charge in [-0.2, -0.15) is 0 Å². The molecule has 3 nitrogen and oxygen atoms in total. The SMILES string of the molecule is O=C1NCCCC1N1CCC(F)(F)CC1. The van der Waals surface area contributed by atoms with Crippen LogP contribution in [0.5, 0.6) is 0 Å². The molecule has 0 bridgehead atoms. The number of amides is 1. The molecule has 2 heterocycles. The van der Waals surface area contributed by atoms with E-state index in [4.69, 9.17) is 0 Å². The smallest absolute Gasteiger partial charge is 0.250 e. The number of piperidine rings is 2. The lowest BCUT2D eigenvalue weighted by Gasteiger charge is -2.38. The first kappa shape index (κ1) is 10.8. The molecule has 86 valence electrons. The van der Waals surface area contributed by atoms with Crippen LogP contribution in [0, 0.1) is 0 Å². The van der Waals surface area contributed by atoms with Gasteiger partial charge in [-0.15, -0.1) is 0 Å². The summed E-state index contributed by atoms with van der Waals surface area (Å²) in [6, 6.07) is -0.171. The summed E-state index contributed by atoms with van der Waals surface area (Å²) in [7, 11) is 0. The number of rotatable bonds is 1. The van der Waals surface area contributed by atoms with Crippen molar-refractivity contribution in [3.63, 3.8) is 0 Å². The molecule has 0 saturated carbocycles. The van der Waals surface area contributed by atoms with E-state index in [1.54, 1.807) is 0 Å². The molecule has 2 aliphatic rings. The Morgan fingerprint density at radius 1 is 1.33 bits per heavy atom. The largest absolute Gasteiger partial charge is 0.355 e. The van der Waals surface area contributed by atoms with Crippen LogP contribution in [0.4, 0.5) is 8.78 Å². The van der Waals surface area contributed by atoms with Gasteiger partial charge in [0.2, 0.25) is 5.91 Å². The molecule has 1 atom stereocenters.